The highest BCUT2D eigenvalue weighted by Crippen LogP contribution is 2.24. The van der Waals surface area contributed by atoms with Crippen molar-refractivity contribution in [1.29, 1.82) is 0 Å². The van der Waals surface area contributed by atoms with Gasteiger partial charge in [0.2, 0.25) is 0 Å². The van der Waals surface area contributed by atoms with Crippen LogP contribution in [0.25, 0.3) is 0 Å². The molecule has 0 spiro atoms. The molecule has 2 fully saturated rings. The van der Waals surface area contributed by atoms with Crippen molar-refractivity contribution in [3.05, 3.63) is 0 Å². The Bertz CT molecular complexity index is 198. The molecule has 1 heterocycles. The van der Waals surface area contributed by atoms with E-state index in [4.69, 9.17) is 4.74 Å². The highest BCUT2D eigenvalue weighted by atomic mass is 16.5. The van der Waals surface area contributed by atoms with Gasteiger partial charge in [-0.3, -0.25) is 4.90 Å². The SMILES string of the molecule is CNC1CCCCC1N1CCOC(C)C1. The summed E-state index contributed by atoms with van der Waals surface area (Å²) in [6, 6.07) is 1.44. The van der Waals surface area contributed by atoms with Crippen molar-refractivity contribution in [1.82, 2.24) is 10.2 Å². The van der Waals surface area contributed by atoms with Gasteiger partial charge in [0.1, 0.15) is 0 Å². The van der Waals surface area contributed by atoms with Crippen LogP contribution in [0.2, 0.25) is 0 Å². The second-order valence-electron chi connectivity index (χ2n) is 4.92. The van der Waals surface area contributed by atoms with Crippen LogP contribution in [-0.2, 0) is 4.74 Å². The Morgan fingerprint density at radius 3 is 2.80 bits per heavy atom. The van der Waals surface area contributed by atoms with E-state index in [2.05, 4.69) is 24.2 Å². The molecule has 0 radical (unpaired) electrons. The predicted octanol–water partition coefficient (Wildman–Crippen LogP) is 1.24. The van der Waals surface area contributed by atoms with Crippen LogP contribution < -0.4 is 5.32 Å². The zero-order valence-corrected chi connectivity index (χ0v) is 10.0. The van der Waals surface area contributed by atoms with Gasteiger partial charge in [-0.2, -0.15) is 0 Å². The smallest absolute Gasteiger partial charge is 0.0674 e. The molecule has 1 saturated heterocycles. The van der Waals surface area contributed by atoms with Crippen molar-refractivity contribution >= 4 is 0 Å². The van der Waals surface area contributed by atoms with E-state index in [9.17, 15) is 0 Å². The van der Waals surface area contributed by atoms with Crippen LogP contribution in [-0.4, -0.2) is 49.8 Å². The molecule has 2 aliphatic rings. The van der Waals surface area contributed by atoms with Crippen molar-refractivity contribution in [2.75, 3.05) is 26.7 Å². The lowest BCUT2D eigenvalue weighted by molar-refractivity contribution is -0.0444. The molecule has 3 atom stereocenters. The molecule has 2 rings (SSSR count). The molecule has 0 bridgehead atoms. The van der Waals surface area contributed by atoms with Gasteiger partial charge in [0.05, 0.1) is 12.7 Å². The van der Waals surface area contributed by atoms with E-state index in [0.29, 0.717) is 12.1 Å². The van der Waals surface area contributed by atoms with Gasteiger partial charge in [0.25, 0.3) is 0 Å². The molecule has 0 aromatic rings. The van der Waals surface area contributed by atoms with E-state index in [1.807, 2.05) is 0 Å². The zero-order valence-electron chi connectivity index (χ0n) is 10.0. The number of nitrogens with zero attached hydrogens (tertiary/aromatic N) is 1. The second kappa shape index (κ2) is 5.28. The zero-order chi connectivity index (χ0) is 10.7. The lowest BCUT2D eigenvalue weighted by Gasteiger charge is -2.43. The van der Waals surface area contributed by atoms with E-state index in [1.54, 1.807) is 0 Å². The summed E-state index contributed by atoms with van der Waals surface area (Å²) in [5, 5.41) is 3.48. The van der Waals surface area contributed by atoms with Crippen LogP contribution in [0.1, 0.15) is 32.6 Å². The number of ether oxygens (including phenoxy) is 1. The molecule has 3 unspecified atom stereocenters. The molecule has 1 aliphatic carbocycles. The van der Waals surface area contributed by atoms with Gasteiger partial charge in [-0.1, -0.05) is 12.8 Å². The fraction of sp³-hybridized carbons (Fsp3) is 1.00. The minimum absolute atomic E-state index is 0.415. The van der Waals surface area contributed by atoms with Gasteiger partial charge in [-0.05, 0) is 26.8 Å². The number of nitrogens with one attached hydrogen (secondary N) is 1. The van der Waals surface area contributed by atoms with Crippen LogP contribution in [0.5, 0.6) is 0 Å². The Kier molecular flexibility index (Phi) is 4.00. The van der Waals surface area contributed by atoms with Crippen LogP contribution in [0.15, 0.2) is 0 Å². The van der Waals surface area contributed by atoms with E-state index in [1.165, 1.54) is 25.7 Å². The average Bonchev–Trinajstić information content (AvgIpc) is 2.29. The van der Waals surface area contributed by atoms with Crippen molar-refractivity contribution in [3.8, 4) is 0 Å². The van der Waals surface area contributed by atoms with E-state index >= 15 is 0 Å². The first-order valence-electron chi connectivity index (χ1n) is 6.34. The molecule has 1 N–H and O–H groups in total. The third-order valence-electron chi connectivity index (χ3n) is 3.84. The van der Waals surface area contributed by atoms with E-state index in [-0.39, 0.29) is 0 Å². The Balaban J connectivity index is 1.94. The molecule has 1 saturated carbocycles. The van der Waals surface area contributed by atoms with Gasteiger partial charge < -0.3 is 10.1 Å². The molecule has 15 heavy (non-hydrogen) atoms. The van der Waals surface area contributed by atoms with Crippen molar-refractivity contribution in [2.45, 2.75) is 50.8 Å². The van der Waals surface area contributed by atoms with Gasteiger partial charge >= 0.3 is 0 Å². The maximum Gasteiger partial charge on any atom is 0.0674 e. The van der Waals surface area contributed by atoms with Crippen LogP contribution in [0.3, 0.4) is 0 Å². The summed E-state index contributed by atoms with van der Waals surface area (Å²) in [5.74, 6) is 0. The molecule has 0 aromatic carbocycles. The maximum absolute atomic E-state index is 5.61. The normalized spacial score (nSPS) is 39.2. The first-order valence-corrected chi connectivity index (χ1v) is 6.34. The molecular formula is C12H24N2O. The van der Waals surface area contributed by atoms with Crippen molar-refractivity contribution < 1.29 is 4.74 Å². The van der Waals surface area contributed by atoms with Crippen molar-refractivity contribution in [2.24, 2.45) is 0 Å². The number of morpholine rings is 1. The third kappa shape index (κ3) is 2.71. The Morgan fingerprint density at radius 1 is 1.27 bits per heavy atom. The number of likely N-dealkylation sites (N-methyl/N-ethyl adjacent to an activating group) is 1. The summed E-state index contributed by atoms with van der Waals surface area (Å²) in [6.07, 6.45) is 5.90. The largest absolute Gasteiger partial charge is 0.376 e. The molecule has 3 heteroatoms. The lowest BCUT2D eigenvalue weighted by atomic mass is 9.89. The predicted molar refractivity (Wildman–Crippen MR) is 62.1 cm³/mol. The highest BCUT2D eigenvalue weighted by Gasteiger charge is 2.31. The third-order valence-corrected chi connectivity index (χ3v) is 3.84. The molecule has 3 nitrogen and oxygen atoms in total. The molecule has 0 aromatic heterocycles. The monoisotopic (exact) mass is 212 g/mol. The topological polar surface area (TPSA) is 24.5 Å². The number of hydrogen-bond acceptors (Lipinski definition) is 3. The second-order valence-corrected chi connectivity index (χ2v) is 4.92. The summed E-state index contributed by atoms with van der Waals surface area (Å²) in [5.41, 5.74) is 0. The fourth-order valence-electron chi connectivity index (χ4n) is 3.03. The molecule has 0 amide bonds. The molecular weight excluding hydrogens is 188 g/mol. The van der Waals surface area contributed by atoms with Crippen molar-refractivity contribution in [3.63, 3.8) is 0 Å². The van der Waals surface area contributed by atoms with Gasteiger partial charge in [0.15, 0.2) is 0 Å². The summed E-state index contributed by atoms with van der Waals surface area (Å²) >= 11 is 0. The number of rotatable bonds is 2. The minimum Gasteiger partial charge on any atom is -0.376 e. The summed E-state index contributed by atoms with van der Waals surface area (Å²) in [7, 11) is 2.10. The molecule has 1 aliphatic heterocycles. The lowest BCUT2D eigenvalue weighted by Crippen LogP contribution is -2.55. The highest BCUT2D eigenvalue weighted by molar-refractivity contribution is 4.89. The Hall–Kier alpha value is -0.120. The van der Waals surface area contributed by atoms with E-state index in [0.717, 1.165) is 25.7 Å². The summed E-state index contributed by atoms with van der Waals surface area (Å²) in [6.45, 7) is 5.33. The van der Waals surface area contributed by atoms with Gasteiger partial charge in [0, 0.05) is 25.2 Å². The Labute approximate surface area is 93.2 Å². The maximum atomic E-state index is 5.61. The van der Waals surface area contributed by atoms with Crippen LogP contribution >= 0.6 is 0 Å². The fourth-order valence-corrected chi connectivity index (χ4v) is 3.03. The average molecular weight is 212 g/mol. The molecule has 88 valence electrons. The number of hydrogen-bond donors (Lipinski definition) is 1. The van der Waals surface area contributed by atoms with Crippen LogP contribution in [0, 0.1) is 0 Å². The quantitative estimate of drug-likeness (QED) is 0.745. The minimum atomic E-state index is 0.415. The Morgan fingerprint density at radius 2 is 2.07 bits per heavy atom. The van der Waals surface area contributed by atoms with Crippen LogP contribution in [0.4, 0.5) is 0 Å². The van der Waals surface area contributed by atoms with Gasteiger partial charge in [-0.15, -0.1) is 0 Å². The first kappa shape index (κ1) is 11.4. The summed E-state index contributed by atoms with van der Waals surface area (Å²) < 4.78 is 5.61. The summed E-state index contributed by atoms with van der Waals surface area (Å²) in [4.78, 5) is 2.63. The standard InChI is InChI=1S/C12H24N2O/c1-10-9-14(7-8-15-10)12-6-4-3-5-11(12)13-2/h10-13H,3-9H2,1-2H3. The first-order chi connectivity index (χ1) is 7.31. The van der Waals surface area contributed by atoms with E-state index < -0.39 is 0 Å². The van der Waals surface area contributed by atoms with Gasteiger partial charge in [-0.25, -0.2) is 0 Å².